The fourth-order valence-corrected chi connectivity index (χ4v) is 6.82. The van der Waals surface area contributed by atoms with E-state index in [1.165, 1.54) is 5.56 Å². The lowest BCUT2D eigenvalue weighted by molar-refractivity contribution is -0.779. The monoisotopic (exact) mass is 627 g/mol. The summed E-state index contributed by atoms with van der Waals surface area (Å²) in [6, 6.07) is 48.8. The Hall–Kier alpha value is -6.15. The standard InChI is InChI=1S/C40H34N8/c1-3-37-41-38-29(2)27-46(48(38)43-37)28-30-23-25-31(26-24-30)35-21-13-14-22-36(35)39-42-44-45-47(39)40(32-15-7-4-8-16-32,33-17-9-5-10-18-33)34-19-11-6-12-20-34/h4-27H,3,28H2,1-2H3/p+1. The van der Waals surface area contributed by atoms with Crippen molar-refractivity contribution in [1.82, 2.24) is 34.9 Å². The van der Waals surface area contributed by atoms with E-state index in [-0.39, 0.29) is 0 Å². The number of nitrogens with one attached hydrogen (secondary N) is 1. The van der Waals surface area contributed by atoms with Crippen LogP contribution in [0, 0.1) is 6.92 Å². The molecule has 0 spiro atoms. The topological polar surface area (TPSA) is 80.6 Å². The fraction of sp³-hybridized carbons (Fsp3) is 0.125. The van der Waals surface area contributed by atoms with Gasteiger partial charge in [0.05, 0.1) is 12.1 Å². The van der Waals surface area contributed by atoms with E-state index in [4.69, 9.17) is 10.2 Å². The van der Waals surface area contributed by atoms with Crippen LogP contribution in [0.5, 0.6) is 0 Å². The molecule has 0 saturated heterocycles. The van der Waals surface area contributed by atoms with Gasteiger partial charge < -0.3 is 0 Å². The minimum atomic E-state index is -0.779. The summed E-state index contributed by atoms with van der Waals surface area (Å²) in [4.78, 5) is 4.68. The summed E-state index contributed by atoms with van der Waals surface area (Å²) >= 11 is 0. The van der Waals surface area contributed by atoms with Gasteiger partial charge in [0.15, 0.2) is 22.2 Å². The van der Waals surface area contributed by atoms with Crippen molar-refractivity contribution in [3.8, 4) is 22.5 Å². The first kappa shape index (κ1) is 29.3. The number of benzene rings is 5. The third-order valence-corrected chi connectivity index (χ3v) is 9.08. The molecule has 8 heteroatoms. The van der Waals surface area contributed by atoms with Crippen molar-refractivity contribution in [1.29, 1.82) is 0 Å². The summed E-state index contributed by atoms with van der Waals surface area (Å²) in [7, 11) is 0. The van der Waals surface area contributed by atoms with Gasteiger partial charge in [-0.1, -0.05) is 146 Å². The maximum atomic E-state index is 4.77. The van der Waals surface area contributed by atoms with Crippen LogP contribution in [0.15, 0.2) is 146 Å². The first-order valence-corrected chi connectivity index (χ1v) is 16.3. The Kier molecular flexibility index (Phi) is 7.45. The van der Waals surface area contributed by atoms with Crippen molar-refractivity contribution < 1.29 is 4.68 Å². The molecular formula is C40H35N8+. The van der Waals surface area contributed by atoms with Crippen molar-refractivity contribution in [2.75, 3.05) is 0 Å². The zero-order valence-electron chi connectivity index (χ0n) is 26.9. The highest BCUT2D eigenvalue weighted by atomic mass is 15.6. The molecule has 8 aromatic rings. The van der Waals surface area contributed by atoms with Gasteiger partial charge in [0.1, 0.15) is 5.10 Å². The highest BCUT2D eigenvalue weighted by molar-refractivity contribution is 5.79. The summed E-state index contributed by atoms with van der Waals surface area (Å²) in [6.45, 7) is 4.85. The lowest BCUT2D eigenvalue weighted by atomic mass is 9.77. The van der Waals surface area contributed by atoms with Gasteiger partial charge in [-0.3, -0.25) is 4.68 Å². The number of H-pyrrole nitrogens is 1. The third kappa shape index (κ3) is 4.89. The largest absolute Gasteiger partial charge is 0.334 e. The normalized spacial score (nSPS) is 11.7. The molecule has 0 radical (unpaired) electrons. The van der Waals surface area contributed by atoms with Gasteiger partial charge in [-0.05, 0) is 29.7 Å². The summed E-state index contributed by atoms with van der Waals surface area (Å²) in [6.07, 6.45) is 2.92. The summed E-state index contributed by atoms with van der Waals surface area (Å²) in [5.74, 6) is 1.59. The first-order valence-electron chi connectivity index (χ1n) is 16.3. The van der Waals surface area contributed by atoms with Gasteiger partial charge in [0, 0.05) is 34.9 Å². The average molecular weight is 628 g/mol. The number of rotatable bonds is 9. The molecule has 0 aliphatic carbocycles. The molecule has 0 aliphatic heterocycles. The Bertz CT molecular complexity index is 2200. The Labute approximate surface area is 278 Å². The highest BCUT2D eigenvalue weighted by Gasteiger charge is 2.46. The summed E-state index contributed by atoms with van der Waals surface area (Å²) < 4.78 is 6.15. The van der Waals surface area contributed by atoms with Gasteiger partial charge in [-0.15, -0.1) is 9.78 Å². The van der Waals surface area contributed by atoms with Gasteiger partial charge >= 0.3 is 5.82 Å². The molecule has 0 bridgehead atoms. The quantitative estimate of drug-likeness (QED) is 0.138. The molecule has 8 rings (SSSR count). The number of fused-ring (bicyclic) bond motifs is 1. The number of aryl methyl sites for hydroxylation is 2. The van der Waals surface area contributed by atoms with E-state index in [1.54, 1.807) is 0 Å². The number of nitrogens with zero attached hydrogens (tertiary/aromatic N) is 7. The molecule has 8 nitrogen and oxygen atoms in total. The van der Waals surface area contributed by atoms with Crippen molar-refractivity contribution in [3.05, 3.63) is 179 Å². The van der Waals surface area contributed by atoms with Gasteiger partial charge in [-0.25, -0.2) is 4.98 Å². The highest BCUT2D eigenvalue weighted by Crippen LogP contribution is 2.38. The van der Waals surface area contributed by atoms with E-state index in [0.29, 0.717) is 6.54 Å². The van der Waals surface area contributed by atoms with Crippen LogP contribution >= 0.6 is 0 Å². The van der Waals surface area contributed by atoms with E-state index < -0.39 is 5.54 Å². The second-order valence-corrected chi connectivity index (χ2v) is 12.0. The summed E-state index contributed by atoms with van der Waals surface area (Å²) in [5, 5.41) is 17.2. The van der Waals surface area contributed by atoms with Crippen LogP contribution in [-0.4, -0.2) is 34.9 Å². The number of hydrogen-bond acceptors (Lipinski definition) is 4. The SMILES string of the molecule is CCc1nc2c(C)cn(Cc3ccc(-c4ccccc4-c4nn[nH][n+]4C(c4ccccc4)(c4ccccc4)c4ccccc4)cc3)n2n1. The van der Waals surface area contributed by atoms with Crippen LogP contribution in [0.25, 0.3) is 28.2 Å². The molecule has 3 aromatic heterocycles. The molecule has 0 unspecified atom stereocenters. The van der Waals surface area contributed by atoms with Crippen molar-refractivity contribution >= 4 is 5.65 Å². The molecule has 1 N–H and O–H groups in total. The van der Waals surface area contributed by atoms with Gasteiger partial charge in [-0.2, -0.15) is 4.63 Å². The first-order chi connectivity index (χ1) is 23.7. The van der Waals surface area contributed by atoms with E-state index in [0.717, 1.165) is 62.7 Å². The fourth-order valence-electron chi connectivity index (χ4n) is 6.82. The van der Waals surface area contributed by atoms with Crippen LogP contribution in [0.1, 0.15) is 40.6 Å². The Morgan fingerprint density at radius 1 is 0.688 bits per heavy atom. The third-order valence-electron chi connectivity index (χ3n) is 9.08. The maximum absolute atomic E-state index is 4.77. The van der Waals surface area contributed by atoms with E-state index in [1.807, 2.05) is 4.63 Å². The minimum Gasteiger partial charge on any atom is -0.266 e. The molecule has 0 atom stereocenters. The summed E-state index contributed by atoms with van der Waals surface area (Å²) in [5.41, 5.74) is 8.84. The van der Waals surface area contributed by atoms with Crippen LogP contribution in [0.2, 0.25) is 0 Å². The van der Waals surface area contributed by atoms with Crippen LogP contribution < -0.4 is 4.68 Å². The number of tetrazole rings is 1. The van der Waals surface area contributed by atoms with Gasteiger partial charge in [0.2, 0.25) is 0 Å². The predicted octanol–water partition coefficient (Wildman–Crippen LogP) is 7.03. The molecule has 3 heterocycles. The average Bonchev–Trinajstić information content (AvgIpc) is 3.88. The lowest BCUT2D eigenvalue weighted by Gasteiger charge is -2.33. The van der Waals surface area contributed by atoms with Crippen LogP contribution in [0.4, 0.5) is 0 Å². The number of aromatic nitrogens is 8. The van der Waals surface area contributed by atoms with Crippen molar-refractivity contribution in [2.45, 2.75) is 32.4 Å². The van der Waals surface area contributed by atoms with E-state index in [9.17, 15) is 0 Å². The smallest absolute Gasteiger partial charge is 0.266 e. The van der Waals surface area contributed by atoms with Crippen molar-refractivity contribution in [3.63, 3.8) is 0 Å². The zero-order chi connectivity index (χ0) is 32.5. The molecule has 0 fully saturated rings. The van der Waals surface area contributed by atoms with Crippen LogP contribution in [0.3, 0.4) is 0 Å². The minimum absolute atomic E-state index is 0.690. The van der Waals surface area contributed by atoms with E-state index in [2.05, 4.69) is 184 Å². The second-order valence-electron chi connectivity index (χ2n) is 12.0. The second kappa shape index (κ2) is 12.2. The Morgan fingerprint density at radius 3 is 1.83 bits per heavy atom. The van der Waals surface area contributed by atoms with Gasteiger partial charge in [0.25, 0.3) is 0 Å². The molecule has 0 saturated carbocycles. The van der Waals surface area contributed by atoms with Crippen molar-refractivity contribution in [2.24, 2.45) is 0 Å². The molecular weight excluding hydrogens is 592 g/mol. The molecule has 234 valence electrons. The molecule has 5 aromatic carbocycles. The molecule has 0 amide bonds. The molecule has 48 heavy (non-hydrogen) atoms. The number of hydrogen-bond donors (Lipinski definition) is 1. The Morgan fingerprint density at radius 2 is 1.25 bits per heavy atom. The van der Waals surface area contributed by atoms with Crippen LogP contribution in [-0.2, 0) is 18.5 Å². The Balaban J connectivity index is 1.24. The maximum Gasteiger partial charge on any atom is 0.334 e. The lowest BCUT2D eigenvalue weighted by Crippen LogP contribution is -2.61. The number of aromatic amines is 1. The predicted molar refractivity (Wildman–Crippen MR) is 186 cm³/mol. The molecule has 0 aliphatic rings. The zero-order valence-corrected chi connectivity index (χ0v) is 26.9. The van der Waals surface area contributed by atoms with E-state index >= 15 is 0 Å².